The van der Waals surface area contributed by atoms with E-state index in [2.05, 4.69) is 25.5 Å². The van der Waals surface area contributed by atoms with Crippen LogP contribution in [0.3, 0.4) is 0 Å². The normalized spacial score (nSPS) is 16.7. The van der Waals surface area contributed by atoms with Crippen LogP contribution in [0.25, 0.3) is 0 Å². The Morgan fingerprint density at radius 2 is 2.21 bits per heavy atom. The van der Waals surface area contributed by atoms with Crippen LogP contribution in [0.15, 0.2) is 23.2 Å². The molecule has 1 aromatic heterocycles. The van der Waals surface area contributed by atoms with Crippen LogP contribution >= 0.6 is 46.9 Å². The zero-order valence-electron chi connectivity index (χ0n) is 16.6. The van der Waals surface area contributed by atoms with Gasteiger partial charge in [0, 0.05) is 36.1 Å². The van der Waals surface area contributed by atoms with Gasteiger partial charge in [-0.2, -0.15) is 0 Å². The van der Waals surface area contributed by atoms with E-state index >= 15 is 0 Å². The van der Waals surface area contributed by atoms with Crippen molar-refractivity contribution in [2.24, 2.45) is 4.99 Å². The highest BCUT2D eigenvalue weighted by atomic mass is 127. The number of aliphatic imine (C=N–C) groups is 1. The average Bonchev–Trinajstić information content (AvgIpc) is 3.24. The average molecular weight is 536 g/mol. The van der Waals surface area contributed by atoms with Gasteiger partial charge < -0.3 is 20.3 Å². The zero-order valence-corrected chi connectivity index (χ0v) is 20.5. The van der Waals surface area contributed by atoms with Crippen LogP contribution in [0.2, 0.25) is 5.02 Å². The van der Waals surface area contributed by atoms with Gasteiger partial charge in [0.25, 0.3) is 0 Å². The first-order chi connectivity index (χ1) is 13.0. The number of thiazole rings is 1. The Balaban J connectivity index is 0.00000280. The molecule has 0 radical (unpaired) electrons. The van der Waals surface area contributed by atoms with Crippen LogP contribution in [0.5, 0.6) is 5.75 Å². The first-order valence-electron chi connectivity index (χ1n) is 8.98. The fraction of sp³-hybridized carbons (Fsp3) is 0.474. The highest BCUT2D eigenvalue weighted by Gasteiger charge is 2.25. The lowest BCUT2D eigenvalue weighted by Crippen LogP contribution is -2.44. The maximum Gasteiger partial charge on any atom is 0.191 e. The Labute approximate surface area is 192 Å². The van der Waals surface area contributed by atoms with Gasteiger partial charge in [0.15, 0.2) is 5.96 Å². The lowest BCUT2D eigenvalue weighted by Gasteiger charge is -2.22. The molecule has 1 fully saturated rings. The lowest BCUT2D eigenvalue weighted by molar-refractivity contribution is 0.415. The van der Waals surface area contributed by atoms with Gasteiger partial charge in [-0.05, 0) is 38.5 Å². The number of methoxy groups -OCH3 is 1. The third kappa shape index (κ3) is 5.64. The molecule has 0 saturated carbocycles. The van der Waals surface area contributed by atoms with Gasteiger partial charge in [-0.25, -0.2) is 4.98 Å². The molecule has 1 atom stereocenters. The molecule has 1 aliphatic heterocycles. The SMILES string of the molecule is CN=C(NCc1sc(C)nc1C)NC1CCN(c2cc(Cl)ccc2OC)C1.I. The molecule has 1 aromatic carbocycles. The Morgan fingerprint density at radius 1 is 1.43 bits per heavy atom. The minimum absolute atomic E-state index is 0. The van der Waals surface area contributed by atoms with Crippen molar-refractivity contribution in [1.82, 2.24) is 15.6 Å². The fourth-order valence-corrected chi connectivity index (χ4v) is 4.34. The molecule has 0 spiro atoms. The number of nitrogens with one attached hydrogen (secondary N) is 2. The summed E-state index contributed by atoms with van der Waals surface area (Å²) in [5.74, 6) is 1.66. The molecule has 1 aliphatic rings. The van der Waals surface area contributed by atoms with Crippen LogP contribution in [-0.2, 0) is 6.54 Å². The van der Waals surface area contributed by atoms with Crippen molar-refractivity contribution < 1.29 is 4.74 Å². The van der Waals surface area contributed by atoms with Gasteiger partial charge in [-0.15, -0.1) is 35.3 Å². The summed E-state index contributed by atoms with van der Waals surface area (Å²) in [7, 11) is 3.49. The number of aryl methyl sites for hydroxylation is 2. The zero-order chi connectivity index (χ0) is 19.4. The molecule has 6 nitrogen and oxygen atoms in total. The minimum Gasteiger partial charge on any atom is -0.495 e. The first kappa shape index (κ1) is 23.0. The first-order valence-corrected chi connectivity index (χ1v) is 10.2. The van der Waals surface area contributed by atoms with Crippen LogP contribution in [0.1, 0.15) is 22.0 Å². The van der Waals surface area contributed by atoms with Gasteiger partial charge in [-0.3, -0.25) is 4.99 Å². The highest BCUT2D eigenvalue weighted by Crippen LogP contribution is 2.33. The summed E-state index contributed by atoms with van der Waals surface area (Å²) in [5.41, 5.74) is 2.12. The molecule has 28 heavy (non-hydrogen) atoms. The van der Waals surface area contributed by atoms with E-state index in [9.17, 15) is 0 Å². The van der Waals surface area contributed by atoms with Crippen molar-refractivity contribution in [1.29, 1.82) is 0 Å². The number of hydrogen-bond acceptors (Lipinski definition) is 5. The molecule has 3 rings (SSSR count). The van der Waals surface area contributed by atoms with E-state index in [1.807, 2.05) is 32.0 Å². The van der Waals surface area contributed by atoms with Crippen LogP contribution in [0, 0.1) is 13.8 Å². The molecule has 0 amide bonds. The number of halogens is 2. The summed E-state index contributed by atoms with van der Waals surface area (Å²) in [6.45, 7) is 6.62. The third-order valence-electron chi connectivity index (χ3n) is 4.65. The third-order valence-corrected chi connectivity index (χ3v) is 5.96. The molecule has 9 heteroatoms. The van der Waals surface area contributed by atoms with Gasteiger partial charge in [-0.1, -0.05) is 11.6 Å². The number of rotatable bonds is 5. The highest BCUT2D eigenvalue weighted by molar-refractivity contribution is 14.0. The maximum absolute atomic E-state index is 6.18. The summed E-state index contributed by atoms with van der Waals surface area (Å²) in [5, 5.41) is 8.73. The number of anilines is 1. The number of ether oxygens (including phenoxy) is 1. The Bertz CT molecular complexity index is 829. The molecular formula is C19H27ClIN5OS. The Kier molecular flexibility index (Phi) is 8.63. The summed E-state index contributed by atoms with van der Waals surface area (Å²) < 4.78 is 5.49. The number of hydrogen-bond donors (Lipinski definition) is 2. The van der Waals surface area contributed by atoms with Crippen molar-refractivity contribution in [3.05, 3.63) is 38.8 Å². The van der Waals surface area contributed by atoms with Crippen LogP contribution in [0.4, 0.5) is 5.69 Å². The monoisotopic (exact) mass is 535 g/mol. The second kappa shape index (κ2) is 10.5. The minimum atomic E-state index is 0. The van der Waals surface area contributed by atoms with E-state index in [0.29, 0.717) is 6.04 Å². The summed E-state index contributed by atoms with van der Waals surface area (Å²) in [6, 6.07) is 6.04. The van der Waals surface area contributed by atoms with Crippen molar-refractivity contribution in [3.8, 4) is 5.75 Å². The van der Waals surface area contributed by atoms with Crippen LogP contribution in [-0.4, -0.2) is 44.2 Å². The molecular weight excluding hydrogens is 509 g/mol. The van der Waals surface area contributed by atoms with Gasteiger partial charge in [0.1, 0.15) is 5.75 Å². The number of aromatic nitrogens is 1. The lowest BCUT2D eigenvalue weighted by atomic mass is 10.2. The molecule has 0 aliphatic carbocycles. The summed E-state index contributed by atoms with van der Waals surface area (Å²) >= 11 is 7.90. The molecule has 2 N–H and O–H groups in total. The van der Waals surface area contributed by atoms with E-state index in [-0.39, 0.29) is 24.0 Å². The van der Waals surface area contributed by atoms with E-state index in [4.69, 9.17) is 16.3 Å². The predicted molar refractivity (Wildman–Crippen MR) is 129 cm³/mol. The molecule has 2 heterocycles. The second-order valence-electron chi connectivity index (χ2n) is 6.56. The smallest absolute Gasteiger partial charge is 0.191 e. The van der Waals surface area contributed by atoms with Crippen molar-refractivity contribution in [2.45, 2.75) is 32.9 Å². The maximum atomic E-state index is 6.18. The molecule has 1 unspecified atom stereocenters. The predicted octanol–water partition coefficient (Wildman–Crippen LogP) is 3.98. The summed E-state index contributed by atoms with van der Waals surface area (Å²) in [6.07, 6.45) is 1.02. The Morgan fingerprint density at radius 3 is 2.86 bits per heavy atom. The largest absolute Gasteiger partial charge is 0.495 e. The van der Waals surface area contributed by atoms with Crippen molar-refractivity contribution in [2.75, 3.05) is 32.1 Å². The van der Waals surface area contributed by atoms with E-state index < -0.39 is 0 Å². The van der Waals surface area contributed by atoms with E-state index in [1.54, 1.807) is 25.5 Å². The topological polar surface area (TPSA) is 61.8 Å². The van der Waals surface area contributed by atoms with Gasteiger partial charge in [0.2, 0.25) is 0 Å². The van der Waals surface area contributed by atoms with E-state index in [0.717, 1.165) is 59.2 Å². The van der Waals surface area contributed by atoms with E-state index in [1.165, 1.54) is 4.88 Å². The number of benzene rings is 1. The fourth-order valence-electron chi connectivity index (χ4n) is 3.30. The molecule has 154 valence electrons. The van der Waals surface area contributed by atoms with Gasteiger partial charge in [0.05, 0.1) is 30.0 Å². The number of nitrogens with zero attached hydrogens (tertiary/aromatic N) is 3. The van der Waals surface area contributed by atoms with Gasteiger partial charge >= 0.3 is 0 Å². The van der Waals surface area contributed by atoms with Crippen molar-refractivity contribution >= 4 is 58.6 Å². The Hall–Kier alpha value is -1.26. The van der Waals surface area contributed by atoms with Crippen molar-refractivity contribution in [3.63, 3.8) is 0 Å². The summed E-state index contributed by atoms with van der Waals surface area (Å²) in [4.78, 5) is 12.4. The quantitative estimate of drug-likeness (QED) is 0.345. The molecule has 2 aromatic rings. The molecule has 1 saturated heterocycles. The standard InChI is InChI=1S/C19H26ClN5OS.HI/c1-12-18(27-13(2)23-12)10-22-19(21-3)24-15-7-8-25(11-15)16-9-14(20)5-6-17(16)26-4;/h5-6,9,15H,7-8,10-11H2,1-4H3,(H2,21,22,24);1H. The van der Waals surface area contributed by atoms with Crippen LogP contribution < -0.4 is 20.3 Å². The second-order valence-corrected chi connectivity index (χ2v) is 8.28. The molecule has 0 bridgehead atoms. The number of guanidine groups is 1.